The van der Waals surface area contributed by atoms with Crippen LogP contribution in [0.25, 0.3) is 0 Å². The molecule has 1 aliphatic heterocycles. The monoisotopic (exact) mass is 236 g/mol. The molecule has 0 aromatic carbocycles. The van der Waals surface area contributed by atoms with Crippen LogP contribution in [0, 0.1) is 17.8 Å². The van der Waals surface area contributed by atoms with Gasteiger partial charge in [0, 0.05) is 18.9 Å². The Morgan fingerprint density at radius 3 is 2.59 bits per heavy atom. The summed E-state index contributed by atoms with van der Waals surface area (Å²) < 4.78 is 5.78. The third kappa shape index (κ3) is 2.42. The Kier molecular flexibility index (Phi) is 3.51. The molecule has 3 fully saturated rings. The zero-order valence-electron chi connectivity index (χ0n) is 10.7. The van der Waals surface area contributed by atoms with Crippen molar-refractivity contribution in [2.24, 2.45) is 17.8 Å². The Hall–Kier alpha value is -0.370. The number of hydrogen-bond acceptors (Lipinski definition) is 2. The molecule has 0 spiro atoms. The average molecular weight is 236 g/mol. The van der Waals surface area contributed by atoms with Gasteiger partial charge in [-0.25, -0.2) is 0 Å². The molecule has 3 aliphatic rings. The second-order valence-electron chi connectivity index (χ2n) is 6.23. The Balaban J connectivity index is 1.63. The van der Waals surface area contributed by atoms with E-state index in [1.165, 1.54) is 32.1 Å². The minimum Gasteiger partial charge on any atom is -0.377 e. The molecule has 3 rings (SSSR count). The number of ketones is 1. The summed E-state index contributed by atoms with van der Waals surface area (Å²) in [5.41, 5.74) is 0. The Bertz CT molecular complexity index is 275. The van der Waals surface area contributed by atoms with E-state index in [0.29, 0.717) is 11.7 Å². The normalized spacial score (nSPS) is 39.3. The van der Waals surface area contributed by atoms with Crippen molar-refractivity contribution >= 4 is 5.78 Å². The SMILES string of the molecule is O=C1CCC(CC2CCCC2)C1[C@H]1CCCO1. The van der Waals surface area contributed by atoms with Crippen LogP contribution < -0.4 is 0 Å². The van der Waals surface area contributed by atoms with Crippen LogP contribution in [0.1, 0.15) is 57.8 Å². The van der Waals surface area contributed by atoms with Gasteiger partial charge in [-0.3, -0.25) is 4.79 Å². The fourth-order valence-corrected chi connectivity index (χ4v) is 4.27. The molecule has 0 aromatic rings. The first kappa shape index (κ1) is 11.7. The minimum absolute atomic E-state index is 0.262. The van der Waals surface area contributed by atoms with Crippen molar-refractivity contribution in [2.45, 2.75) is 63.9 Å². The molecule has 0 aromatic heterocycles. The van der Waals surface area contributed by atoms with Gasteiger partial charge in [0.25, 0.3) is 0 Å². The van der Waals surface area contributed by atoms with Crippen molar-refractivity contribution in [2.75, 3.05) is 6.61 Å². The fraction of sp³-hybridized carbons (Fsp3) is 0.933. The summed E-state index contributed by atoms with van der Waals surface area (Å²) in [7, 11) is 0. The van der Waals surface area contributed by atoms with Gasteiger partial charge in [-0.1, -0.05) is 25.7 Å². The first-order chi connectivity index (χ1) is 8.34. The van der Waals surface area contributed by atoms with Gasteiger partial charge in [0.05, 0.1) is 6.10 Å². The maximum atomic E-state index is 12.1. The zero-order chi connectivity index (χ0) is 11.7. The molecule has 2 heteroatoms. The van der Waals surface area contributed by atoms with E-state index in [9.17, 15) is 4.79 Å². The largest absolute Gasteiger partial charge is 0.377 e. The molecule has 17 heavy (non-hydrogen) atoms. The molecule has 2 nitrogen and oxygen atoms in total. The summed E-state index contributed by atoms with van der Waals surface area (Å²) in [5, 5.41) is 0. The number of carbonyl (C=O) groups is 1. The number of carbonyl (C=O) groups excluding carboxylic acids is 1. The lowest BCUT2D eigenvalue weighted by Gasteiger charge is -2.25. The van der Waals surface area contributed by atoms with Gasteiger partial charge < -0.3 is 4.74 Å². The fourth-order valence-electron chi connectivity index (χ4n) is 4.27. The van der Waals surface area contributed by atoms with Crippen LogP contribution in [0.5, 0.6) is 0 Å². The van der Waals surface area contributed by atoms with E-state index < -0.39 is 0 Å². The second-order valence-corrected chi connectivity index (χ2v) is 6.23. The summed E-state index contributed by atoms with van der Waals surface area (Å²) in [6, 6.07) is 0. The van der Waals surface area contributed by atoms with E-state index in [1.807, 2.05) is 0 Å². The van der Waals surface area contributed by atoms with Crippen LogP contribution in [-0.4, -0.2) is 18.5 Å². The molecule has 96 valence electrons. The highest BCUT2D eigenvalue weighted by atomic mass is 16.5. The summed E-state index contributed by atoms with van der Waals surface area (Å²) in [5.74, 6) is 2.32. The highest BCUT2D eigenvalue weighted by Gasteiger charge is 2.42. The van der Waals surface area contributed by atoms with Crippen molar-refractivity contribution in [3.63, 3.8) is 0 Å². The molecule has 2 saturated carbocycles. The summed E-state index contributed by atoms with van der Waals surface area (Å²) >= 11 is 0. The van der Waals surface area contributed by atoms with Crippen LogP contribution in [0.2, 0.25) is 0 Å². The van der Waals surface area contributed by atoms with E-state index in [1.54, 1.807) is 0 Å². The first-order valence-corrected chi connectivity index (χ1v) is 7.49. The van der Waals surface area contributed by atoms with Gasteiger partial charge in [-0.05, 0) is 37.5 Å². The Morgan fingerprint density at radius 1 is 1.06 bits per heavy atom. The molecule has 2 unspecified atom stereocenters. The van der Waals surface area contributed by atoms with E-state index in [4.69, 9.17) is 4.74 Å². The lowest BCUT2D eigenvalue weighted by Crippen LogP contribution is -2.29. The van der Waals surface area contributed by atoms with Crippen LogP contribution in [0.4, 0.5) is 0 Å². The molecule has 1 saturated heterocycles. The lowest BCUT2D eigenvalue weighted by molar-refractivity contribution is -0.125. The first-order valence-electron chi connectivity index (χ1n) is 7.49. The van der Waals surface area contributed by atoms with Crippen molar-refractivity contribution < 1.29 is 9.53 Å². The third-order valence-electron chi connectivity index (χ3n) is 5.12. The van der Waals surface area contributed by atoms with Crippen LogP contribution in [0.3, 0.4) is 0 Å². The van der Waals surface area contributed by atoms with E-state index in [2.05, 4.69) is 0 Å². The van der Waals surface area contributed by atoms with Gasteiger partial charge in [0.1, 0.15) is 5.78 Å². The van der Waals surface area contributed by atoms with E-state index in [-0.39, 0.29) is 12.0 Å². The Morgan fingerprint density at radius 2 is 1.88 bits per heavy atom. The van der Waals surface area contributed by atoms with Gasteiger partial charge in [0.15, 0.2) is 0 Å². The number of ether oxygens (including phenoxy) is 1. The standard InChI is InChI=1S/C15H24O2/c16-13-8-7-12(10-11-4-1-2-5-11)15(13)14-6-3-9-17-14/h11-12,14-15H,1-10H2/t12?,14-,15?/m1/s1. The second kappa shape index (κ2) is 5.09. The summed E-state index contributed by atoms with van der Waals surface area (Å²) in [4.78, 5) is 12.1. The minimum atomic E-state index is 0.262. The smallest absolute Gasteiger partial charge is 0.138 e. The third-order valence-corrected chi connectivity index (χ3v) is 5.12. The van der Waals surface area contributed by atoms with Crippen molar-refractivity contribution in [1.29, 1.82) is 0 Å². The van der Waals surface area contributed by atoms with Crippen LogP contribution in [-0.2, 0) is 9.53 Å². The molecule has 0 amide bonds. The zero-order valence-corrected chi connectivity index (χ0v) is 10.7. The maximum Gasteiger partial charge on any atom is 0.138 e. The molecule has 2 aliphatic carbocycles. The molecule has 3 atom stereocenters. The maximum absolute atomic E-state index is 12.1. The molecule has 0 radical (unpaired) electrons. The predicted octanol–water partition coefficient (Wildman–Crippen LogP) is 3.34. The molecule has 0 N–H and O–H groups in total. The Labute approximate surface area is 104 Å². The molecule has 1 heterocycles. The van der Waals surface area contributed by atoms with Crippen molar-refractivity contribution in [1.82, 2.24) is 0 Å². The van der Waals surface area contributed by atoms with Crippen LogP contribution in [0.15, 0.2) is 0 Å². The predicted molar refractivity (Wildman–Crippen MR) is 66.8 cm³/mol. The topological polar surface area (TPSA) is 26.3 Å². The number of hydrogen-bond donors (Lipinski definition) is 0. The molecule has 0 bridgehead atoms. The number of Topliss-reactive ketones (excluding diaryl/α,β-unsaturated/α-hetero) is 1. The highest BCUT2D eigenvalue weighted by molar-refractivity contribution is 5.84. The van der Waals surface area contributed by atoms with E-state index >= 15 is 0 Å². The van der Waals surface area contributed by atoms with Crippen molar-refractivity contribution in [3.8, 4) is 0 Å². The summed E-state index contributed by atoms with van der Waals surface area (Å²) in [6.45, 7) is 0.880. The van der Waals surface area contributed by atoms with Crippen LogP contribution >= 0.6 is 0 Å². The quantitative estimate of drug-likeness (QED) is 0.751. The highest BCUT2D eigenvalue weighted by Crippen LogP contribution is 2.42. The van der Waals surface area contributed by atoms with Crippen molar-refractivity contribution in [3.05, 3.63) is 0 Å². The van der Waals surface area contributed by atoms with Gasteiger partial charge in [0.2, 0.25) is 0 Å². The lowest BCUT2D eigenvalue weighted by atomic mass is 9.82. The molecular weight excluding hydrogens is 212 g/mol. The van der Waals surface area contributed by atoms with Gasteiger partial charge >= 0.3 is 0 Å². The van der Waals surface area contributed by atoms with E-state index in [0.717, 1.165) is 38.2 Å². The molecular formula is C15H24O2. The average Bonchev–Trinajstić information content (AvgIpc) is 3.01. The van der Waals surface area contributed by atoms with Gasteiger partial charge in [-0.15, -0.1) is 0 Å². The number of rotatable bonds is 3. The van der Waals surface area contributed by atoms with Gasteiger partial charge in [-0.2, -0.15) is 0 Å². The summed E-state index contributed by atoms with van der Waals surface area (Å²) in [6.07, 6.45) is 11.5.